The summed E-state index contributed by atoms with van der Waals surface area (Å²) in [7, 11) is -4.62. The van der Waals surface area contributed by atoms with Crippen molar-refractivity contribution < 1.29 is 22.0 Å². The van der Waals surface area contributed by atoms with E-state index in [0.717, 1.165) is 23.3 Å². The van der Waals surface area contributed by atoms with Crippen molar-refractivity contribution in [3.8, 4) is 0 Å². The number of hydrogen-bond acceptors (Lipinski definition) is 4. The van der Waals surface area contributed by atoms with Crippen LogP contribution in [-0.2, 0) is 20.4 Å². The number of amides is 1. The second-order valence-electron chi connectivity index (χ2n) is 5.36. The monoisotopic (exact) mass is 385 g/mol. The summed E-state index contributed by atoms with van der Waals surface area (Å²) in [5, 5.41) is 2.61. The molecule has 0 atom stereocenters. The third kappa shape index (κ3) is 5.54. The lowest BCUT2D eigenvalue weighted by Crippen LogP contribution is -2.15. The molecular weight excluding hydrogens is 368 g/mol. The highest BCUT2D eigenvalue weighted by Crippen LogP contribution is 2.20. The molecular formula is C17H17F2NO3S2. The molecule has 0 aromatic heterocycles. The van der Waals surface area contributed by atoms with Crippen LogP contribution >= 0.6 is 11.8 Å². The van der Waals surface area contributed by atoms with Gasteiger partial charge in [0.2, 0.25) is 15.7 Å². The number of alkyl halides is 2. The molecule has 0 saturated carbocycles. The molecule has 4 nitrogen and oxygen atoms in total. The number of nitrogens with one attached hydrogen (secondary N) is 1. The van der Waals surface area contributed by atoms with Crippen LogP contribution in [0.3, 0.4) is 0 Å². The maximum Gasteiger partial charge on any atom is 0.341 e. The molecule has 0 radical (unpaired) electrons. The van der Waals surface area contributed by atoms with Gasteiger partial charge in [-0.2, -0.15) is 8.78 Å². The Balaban J connectivity index is 1.86. The molecule has 1 N–H and O–H groups in total. The third-order valence-corrected chi connectivity index (χ3v) is 5.69. The molecule has 1 amide bonds. The fourth-order valence-electron chi connectivity index (χ4n) is 2.09. The van der Waals surface area contributed by atoms with Gasteiger partial charge in [-0.1, -0.05) is 29.8 Å². The maximum absolute atomic E-state index is 12.5. The van der Waals surface area contributed by atoms with E-state index in [0.29, 0.717) is 11.4 Å². The lowest BCUT2D eigenvalue weighted by atomic mass is 10.2. The normalized spacial score (nSPS) is 11.5. The van der Waals surface area contributed by atoms with Crippen molar-refractivity contribution in [1.29, 1.82) is 0 Å². The number of halogens is 2. The molecule has 25 heavy (non-hydrogen) atoms. The fraction of sp³-hybridized carbons (Fsp3) is 0.235. The predicted octanol–water partition coefficient (Wildman–Crippen LogP) is 3.86. The van der Waals surface area contributed by atoms with Gasteiger partial charge in [-0.15, -0.1) is 11.8 Å². The summed E-state index contributed by atoms with van der Waals surface area (Å²) in [6, 6.07) is 12.7. The van der Waals surface area contributed by atoms with Gasteiger partial charge >= 0.3 is 5.76 Å². The number of carbonyl (C=O) groups excluding carboxylic acids is 1. The van der Waals surface area contributed by atoms with Crippen molar-refractivity contribution >= 4 is 33.2 Å². The molecule has 2 rings (SSSR count). The second-order valence-corrected chi connectivity index (χ2v) is 8.26. The number of carbonyl (C=O) groups is 1. The predicted molar refractivity (Wildman–Crippen MR) is 95.6 cm³/mol. The number of thioether (sulfide) groups is 1. The number of anilines is 1. The van der Waals surface area contributed by atoms with E-state index in [1.807, 2.05) is 31.2 Å². The molecule has 0 saturated heterocycles. The van der Waals surface area contributed by atoms with E-state index in [2.05, 4.69) is 5.32 Å². The minimum absolute atomic E-state index is 0.227. The van der Waals surface area contributed by atoms with E-state index in [1.54, 1.807) is 0 Å². The third-order valence-electron chi connectivity index (χ3n) is 3.29. The zero-order chi connectivity index (χ0) is 18.4. The summed E-state index contributed by atoms with van der Waals surface area (Å²) >= 11 is 1.45. The van der Waals surface area contributed by atoms with E-state index in [-0.39, 0.29) is 11.7 Å². The first kappa shape index (κ1) is 19.4. The summed E-state index contributed by atoms with van der Waals surface area (Å²) in [6.07, 6.45) is 0. The highest BCUT2D eigenvalue weighted by atomic mass is 32.2. The van der Waals surface area contributed by atoms with Crippen LogP contribution in [0.15, 0.2) is 53.4 Å². The molecule has 0 heterocycles. The van der Waals surface area contributed by atoms with Gasteiger partial charge < -0.3 is 5.32 Å². The molecule has 2 aromatic carbocycles. The first-order valence-electron chi connectivity index (χ1n) is 7.34. The molecule has 0 spiro atoms. The van der Waals surface area contributed by atoms with E-state index in [4.69, 9.17) is 0 Å². The van der Waals surface area contributed by atoms with Crippen LogP contribution in [0.5, 0.6) is 0 Å². The molecule has 0 fully saturated rings. The maximum atomic E-state index is 12.5. The highest BCUT2D eigenvalue weighted by molar-refractivity contribution is 7.99. The fourth-order valence-corrected chi connectivity index (χ4v) is 3.59. The number of rotatable bonds is 7. The van der Waals surface area contributed by atoms with E-state index >= 15 is 0 Å². The Morgan fingerprint density at radius 1 is 1.16 bits per heavy atom. The Morgan fingerprint density at radius 3 is 2.44 bits per heavy atom. The molecule has 0 aliphatic rings. The van der Waals surface area contributed by atoms with Gasteiger partial charge in [0.15, 0.2) is 0 Å². The van der Waals surface area contributed by atoms with Gasteiger partial charge in [0, 0.05) is 11.4 Å². The number of sulfone groups is 1. The standard InChI is InChI=1S/C17H17F2NO3S2/c1-12-3-2-4-13(9-12)10-24-11-16(21)20-14-5-7-15(8-6-14)25(22,23)17(18)19/h2-9,17H,10-11H2,1H3,(H,20,21). The smallest absolute Gasteiger partial charge is 0.325 e. The molecule has 0 aliphatic carbocycles. The van der Waals surface area contributed by atoms with Crippen LogP contribution in [0.4, 0.5) is 14.5 Å². The van der Waals surface area contributed by atoms with E-state index < -0.39 is 20.5 Å². The zero-order valence-corrected chi connectivity index (χ0v) is 15.0. The molecule has 2 aromatic rings. The van der Waals surface area contributed by atoms with Crippen molar-refractivity contribution in [2.45, 2.75) is 23.3 Å². The largest absolute Gasteiger partial charge is 0.341 e. The first-order valence-corrected chi connectivity index (χ1v) is 10.0. The van der Waals surface area contributed by atoms with Crippen LogP contribution in [-0.4, -0.2) is 25.8 Å². The Labute approximate surface area is 149 Å². The summed E-state index contributed by atoms with van der Waals surface area (Å²) in [4.78, 5) is 11.4. The average Bonchev–Trinajstić information content (AvgIpc) is 2.55. The minimum Gasteiger partial charge on any atom is -0.325 e. The SMILES string of the molecule is Cc1cccc(CSCC(=O)Nc2ccc(S(=O)(=O)C(F)F)cc2)c1. The summed E-state index contributed by atoms with van der Waals surface area (Å²) in [6.45, 7) is 2.00. The zero-order valence-electron chi connectivity index (χ0n) is 13.4. The molecule has 0 aliphatic heterocycles. The topological polar surface area (TPSA) is 63.2 Å². The Kier molecular flexibility index (Phi) is 6.55. The van der Waals surface area contributed by atoms with Crippen LogP contribution in [0, 0.1) is 6.92 Å². The van der Waals surface area contributed by atoms with Gasteiger partial charge in [0.1, 0.15) is 0 Å². The molecule has 0 bridgehead atoms. The van der Waals surface area contributed by atoms with Crippen LogP contribution in [0.25, 0.3) is 0 Å². The second kappa shape index (κ2) is 8.44. The minimum atomic E-state index is -4.62. The Hall–Kier alpha value is -1.93. The van der Waals surface area contributed by atoms with Gasteiger partial charge in [0.05, 0.1) is 10.6 Å². The lowest BCUT2D eigenvalue weighted by molar-refractivity contribution is -0.113. The van der Waals surface area contributed by atoms with Gasteiger partial charge in [-0.3, -0.25) is 4.79 Å². The Bertz CT molecular complexity index is 837. The number of aryl methyl sites for hydroxylation is 1. The number of benzene rings is 2. The van der Waals surface area contributed by atoms with Crippen molar-refractivity contribution in [3.63, 3.8) is 0 Å². The summed E-state index contributed by atoms with van der Waals surface area (Å²) in [5.41, 5.74) is 2.63. The quantitative estimate of drug-likeness (QED) is 0.786. The van der Waals surface area contributed by atoms with E-state index in [9.17, 15) is 22.0 Å². The lowest BCUT2D eigenvalue weighted by Gasteiger charge is -2.07. The van der Waals surface area contributed by atoms with Gasteiger partial charge in [-0.05, 0) is 36.8 Å². The molecule has 0 unspecified atom stereocenters. The Morgan fingerprint density at radius 2 is 1.84 bits per heavy atom. The molecule has 134 valence electrons. The summed E-state index contributed by atoms with van der Waals surface area (Å²) < 4.78 is 47.6. The van der Waals surface area contributed by atoms with Gasteiger partial charge in [-0.25, -0.2) is 8.42 Å². The van der Waals surface area contributed by atoms with Crippen LogP contribution < -0.4 is 5.32 Å². The van der Waals surface area contributed by atoms with Crippen molar-refractivity contribution in [2.24, 2.45) is 0 Å². The number of hydrogen-bond donors (Lipinski definition) is 1. The first-order chi connectivity index (χ1) is 11.8. The summed E-state index contributed by atoms with van der Waals surface area (Å²) in [5.74, 6) is -2.79. The van der Waals surface area contributed by atoms with Gasteiger partial charge in [0.25, 0.3) is 0 Å². The van der Waals surface area contributed by atoms with E-state index in [1.165, 1.54) is 23.9 Å². The van der Waals surface area contributed by atoms with Crippen molar-refractivity contribution in [1.82, 2.24) is 0 Å². The van der Waals surface area contributed by atoms with Crippen LogP contribution in [0.1, 0.15) is 11.1 Å². The van der Waals surface area contributed by atoms with Crippen LogP contribution in [0.2, 0.25) is 0 Å². The molecule has 8 heteroatoms. The van der Waals surface area contributed by atoms with Crippen molar-refractivity contribution in [2.75, 3.05) is 11.1 Å². The highest BCUT2D eigenvalue weighted by Gasteiger charge is 2.26. The van der Waals surface area contributed by atoms with Crippen molar-refractivity contribution in [3.05, 3.63) is 59.7 Å². The average molecular weight is 385 g/mol.